The largest absolute Gasteiger partial charge is 0.497 e. The van der Waals surface area contributed by atoms with Crippen LogP contribution in [0.5, 0.6) is 5.75 Å². The number of aliphatic carboxylic acids is 1. The molecule has 1 fully saturated rings. The van der Waals surface area contributed by atoms with Gasteiger partial charge in [-0.15, -0.1) is 0 Å². The summed E-state index contributed by atoms with van der Waals surface area (Å²) in [5.41, 5.74) is 3.25. The van der Waals surface area contributed by atoms with E-state index in [9.17, 15) is 4.79 Å². The van der Waals surface area contributed by atoms with Crippen LogP contribution < -0.4 is 9.64 Å². The van der Waals surface area contributed by atoms with Gasteiger partial charge in [-0.2, -0.15) is 0 Å². The number of carboxylic acids is 1. The van der Waals surface area contributed by atoms with Crippen molar-refractivity contribution in [2.45, 2.75) is 18.2 Å². The Labute approximate surface area is 158 Å². The van der Waals surface area contributed by atoms with Crippen molar-refractivity contribution in [3.05, 3.63) is 53.6 Å². The van der Waals surface area contributed by atoms with Crippen molar-refractivity contribution in [2.75, 3.05) is 38.2 Å². The van der Waals surface area contributed by atoms with E-state index in [1.54, 1.807) is 19.1 Å². The first-order chi connectivity index (χ1) is 12.5. The highest BCUT2D eigenvalue weighted by Crippen LogP contribution is 2.29. The second kappa shape index (κ2) is 8.47. The van der Waals surface area contributed by atoms with E-state index in [0.717, 1.165) is 42.4 Å². The molecule has 26 heavy (non-hydrogen) atoms. The van der Waals surface area contributed by atoms with Crippen molar-refractivity contribution in [3.8, 4) is 5.75 Å². The normalized spacial score (nSPS) is 15.1. The average molecular weight is 372 g/mol. The number of hydrogen-bond acceptors (Lipinski definition) is 5. The van der Waals surface area contributed by atoms with Crippen molar-refractivity contribution < 1.29 is 14.6 Å². The van der Waals surface area contributed by atoms with Crippen LogP contribution in [0.4, 0.5) is 5.69 Å². The van der Waals surface area contributed by atoms with Gasteiger partial charge in [0.1, 0.15) is 5.75 Å². The van der Waals surface area contributed by atoms with Crippen molar-refractivity contribution >= 4 is 23.6 Å². The molecule has 1 N–H and O–H groups in total. The van der Waals surface area contributed by atoms with E-state index in [2.05, 4.69) is 28.3 Å². The van der Waals surface area contributed by atoms with Crippen LogP contribution in [0.15, 0.2) is 47.4 Å². The molecule has 0 bridgehead atoms. The van der Waals surface area contributed by atoms with Gasteiger partial charge < -0.3 is 14.7 Å². The quantitative estimate of drug-likeness (QED) is 0.784. The predicted octanol–water partition coefficient (Wildman–Crippen LogP) is 3.46. The zero-order chi connectivity index (χ0) is 18.5. The molecule has 2 aromatic carbocycles. The van der Waals surface area contributed by atoms with E-state index in [4.69, 9.17) is 9.84 Å². The van der Waals surface area contributed by atoms with Crippen molar-refractivity contribution in [3.63, 3.8) is 0 Å². The van der Waals surface area contributed by atoms with Crippen molar-refractivity contribution in [1.82, 2.24) is 4.31 Å². The number of methoxy groups -OCH3 is 1. The Kier molecular flexibility index (Phi) is 6.06. The molecule has 0 aromatic heterocycles. The molecular formula is C20H24N2O3S. The molecular weight excluding hydrogens is 348 g/mol. The molecule has 3 rings (SSSR count). The van der Waals surface area contributed by atoms with Gasteiger partial charge in [0.15, 0.2) is 0 Å². The Hall–Kier alpha value is -2.18. The minimum Gasteiger partial charge on any atom is -0.497 e. The van der Waals surface area contributed by atoms with Gasteiger partial charge in [0.2, 0.25) is 0 Å². The Morgan fingerprint density at radius 1 is 1.12 bits per heavy atom. The molecule has 0 unspecified atom stereocenters. The number of aryl methyl sites for hydroxylation is 1. The van der Waals surface area contributed by atoms with Crippen molar-refractivity contribution in [1.29, 1.82) is 0 Å². The van der Waals surface area contributed by atoms with Crippen LogP contribution in [0.1, 0.15) is 11.1 Å². The van der Waals surface area contributed by atoms with Crippen LogP contribution in [0.2, 0.25) is 0 Å². The van der Waals surface area contributed by atoms with Gasteiger partial charge in [-0.25, -0.2) is 4.31 Å². The summed E-state index contributed by atoms with van der Waals surface area (Å²) in [6, 6.07) is 14.1. The maximum atomic E-state index is 10.9. The molecule has 2 aromatic rings. The lowest BCUT2D eigenvalue weighted by Crippen LogP contribution is -2.43. The van der Waals surface area contributed by atoms with E-state index in [-0.39, 0.29) is 6.42 Å². The van der Waals surface area contributed by atoms with E-state index >= 15 is 0 Å². The lowest BCUT2D eigenvalue weighted by atomic mass is 10.1. The Morgan fingerprint density at radius 2 is 1.81 bits per heavy atom. The first-order valence-corrected chi connectivity index (χ1v) is 9.46. The third-order valence-electron chi connectivity index (χ3n) is 4.51. The fourth-order valence-electron chi connectivity index (χ4n) is 3.00. The van der Waals surface area contributed by atoms with Gasteiger partial charge in [-0.1, -0.05) is 12.1 Å². The number of piperazine rings is 1. The highest BCUT2D eigenvalue weighted by Gasteiger charge is 2.19. The molecule has 0 spiro atoms. The monoisotopic (exact) mass is 372 g/mol. The average Bonchev–Trinajstić information content (AvgIpc) is 2.65. The Bertz CT molecular complexity index is 756. The third kappa shape index (κ3) is 4.71. The van der Waals surface area contributed by atoms with Gasteiger partial charge in [0, 0.05) is 36.8 Å². The molecule has 6 heteroatoms. The lowest BCUT2D eigenvalue weighted by Gasteiger charge is -2.35. The Morgan fingerprint density at radius 3 is 2.42 bits per heavy atom. The summed E-state index contributed by atoms with van der Waals surface area (Å²) >= 11 is 1.73. The summed E-state index contributed by atoms with van der Waals surface area (Å²) in [4.78, 5) is 14.5. The van der Waals surface area contributed by atoms with Gasteiger partial charge in [-0.3, -0.25) is 4.79 Å². The molecule has 0 radical (unpaired) electrons. The lowest BCUT2D eigenvalue weighted by molar-refractivity contribution is -0.136. The summed E-state index contributed by atoms with van der Waals surface area (Å²) in [6.45, 7) is 5.92. The molecule has 0 saturated carbocycles. The zero-order valence-corrected chi connectivity index (χ0v) is 16.0. The molecule has 0 aliphatic carbocycles. The van der Waals surface area contributed by atoms with Crippen LogP contribution in [0.25, 0.3) is 0 Å². The molecule has 138 valence electrons. The van der Waals surface area contributed by atoms with Crippen LogP contribution in [-0.2, 0) is 11.2 Å². The van der Waals surface area contributed by atoms with E-state index in [0.29, 0.717) is 0 Å². The first-order valence-electron chi connectivity index (χ1n) is 8.68. The van der Waals surface area contributed by atoms with Gasteiger partial charge in [0.05, 0.1) is 13.5 Å². The number of benzene rings is 2. The van der Waals surface area contributed by atoms with Crippen molar-refractivity contribution in [2.24, 2.45) is 0 Å². The number of carbonyl (C=O) groups is 1. The van der Waals surface area contributed by atoms with Crippen LogP contribution in [0.3, 0.4) is 0 Å². The number of ether oxygens (including phenoxy) is 1. The summed E-state index contributed by atoms with van der Waals surface area (Å²) in [6.07, 6.45) is 0.0685. The van der Waals surface area contributed by atoms with Crippen LogP contribution in [0, 0.1) is 6.92 Å². The van der Waals surface area contributed by atoms with Gasteiger partial charge in [-0.05, 0) is 60.3 Å². The smallest absolute Gasteiger partial charge is 0.307 e. The number of rotatable bonds is 6. The fourth-order valence-corrected chi connectivity index (χ4v) is 4.04. The molecule has 5 nitrogen and oxygen atoms in total. The minimum atomic E-state index is -0.794. The first kappa shape index (κ1) is 18.6. The highest BCUT2D eigenvalue weighted by molar-refractivity contribution is 7.97. The number of hydrogen-bond donors (Lipinski definition) is 1. The third-order valence-corrected chi connectivity index (χ3v) is 5.77. The van der Waals surface area contributed by atoms with Crippen LogP contribution >= 0.6 is 11.9 Å². The summed E-state index contributed by atoms with van der Waals surface area (Å²) in [7, 11) is 1.68. The maximum Gasteiger partial charge on any atom is 0.307 e. The Balaban J connectivity index is 1.59. The van der Waals surface area contributed by atoms with E-state index < -0.39 is 5.97 Å². The topological polar surface area (TPSA) is 53.0 Å². The number of anilines is 1. The van der Waals surface area contributed by atoms with Gasteiger partial charge >= 0.3 is 5.97 Å². The van der Waals surface area contributed by atoms with E-state index in [1.807, 2.05) is 30.3 Å². The molecule has 1 saturated heterocycles. The predicted molar refractivity (Wildman–Crippen MR) is 105 cm³/mol. The fraction of sp³-hybridized carbons (Fsp3) is 0.350. The standard InChI is InChI=1S/C20H24N2O3S/c1-15-3-4-16(14-20(23)24)13-19(15)26-22-11-9-21(10-12-22)17-5-7-18(25-2)8-6-17/h3-8,13H,9-12,14H2,1-2H3,(H,23,24). The minimum absolute atomic E-state index is 0.0685. The maximum absolute atomic E-state index is 10.9. The molecule has 1 heterocycles. The number of carboxylic acid groups (broad SMARTS) is 1. The number of nitrogens with zero attached hydrogens (tertiary/aromatic N) is 2. The van der Waals surface area contributed by atoms with Gasteiger partial charge in [0.25, 0.3) is 0 Å². The molecule has 0 amide bonds. The highest BCUT2D eigenvalue weighted by atomic mass is 32.2. The molecule has 1 aliphatic rings. The SMILES string of the molecule is COc1ccc(N2CCN(Sc3cc(CC(=O)O)ccc3C)CC2)cc1. The second-order valence-corrected chi connectivity index (χ2v) is 7.51. The molecule has 1 aliphatic heterocycles. The zero-order valence-electron chi connectivity index (χ0n) is 15.1. The summed E-state index contributed by atoms with van der Waals surface area (Å²) in [5, 5.41) is 8.99. The summed E-state index contributed by atoms with van der Waals surface area (Å²) < 4.78 is 7.57. The summed E-state index contributed by atoms with van der Waals surface area (Å²) in [5.74, 6) is 0.0811. The van der Waals surface area contributed by atoms with Crippen LogP contribution in [-0.4, -0.2) is 48.7 Å². The molecule has 0 atom stereocenters. The second-order valence-electron chi connectivity index (χ2n) is 6.38. The van der Waals surface area contributed by atoms with E-state index in [1.165, 1.54) is 11.3 Å².